The van der Waals surface area contributed by atoms with Gasteiger partial charge in [-0.05, 0) is 25.7 Å². The highest BCUT2D eigenvalue weighted by Crippen LogP contribution is 2.38. The summed E-state index contributed by atoms with van der Waals surface area (Å²) in [6, 6.07) is 1.35. The number of halogens is 3. The number of fused-ring (bicyclic) bond motifs is 1. The molecule has 3 aromatic rings. The Kier molecular flexibility index (Phi) is 4.78. The first-order valence-corrected chi connectivity index (χ1v) is 9.48. The van der Waals surface area contributed by atoms with Crippen LogP contribution >= 0.6 is 12.2 Å². The van der Waals surface area contributed by atoms with Crippen LogP contribution in [0.3, 0.4) is 0 Å². The molecular weight excluding hydrogens is 387 g/mol. The third kappa shape index (κ3) is 3.13. The van der Waals surface area contributed by atoms with Crippen molar-refractivity contribution in [3.05, 3.63) is 41.1 Å². The van der Waals surface area contributed by atoms with Crippen LogP contribution in [0.4, 0.5) is 19.0 Å². The minimum absolute atomic E-state index is 0.248. The van der Waals surface area contributed by atoms with Crippen LogP contribution in [-0.4, -0.2) is 38.0 Å². The number of rotatable bonds is 3. The average molecular weight is 405 g/mol. The van der Waals surface area contributed by atoms with Gasteiger partial charge in [0.15, 0.2) is 5.82 Å². The van der Waals surface area contributed by atoms with E-state index >= 15 is 0 Å². The van der Waals surface area contributed by atoms with E-state index in [2.05, 4.69) is 22.0 Å². The van der Waals surface area contributed by atoms with E-state index in [1.807, 2.05) is 4.90 Å². The molecule has 2 aromatic heterocycles. The molecule has 0 spiro atoms. The van der Waals surface area contributed by atoms with Crippen molar-refractivity contribution in [2.75, 3.05) is 18.0 Å². The predicted octanol–water partition coefficient (Wildman–Crippen LogP) is 4.10. The Morgan fingerprint density at radius 3 is 2.32 bits per heavy atom. The van der Waals surface area contributed by atoms with Gasteiger partial charge in [0.2, 0.25) is 0 Å². The molecule has 1 aliphatic rings. The first-order chi connectivity index (χ1) is 13.4. The molecule has 0 unspecified atom stereocenters. The van der Waals surface area contributed by atoms with Crippen molar-refractivity contribution in [2.45, 2.75) is 26.7 Å². The molecule has 1 fully saturated rings. The zero-order valence-corrected chi connectivity index (χ0v) is 16.2. The quantitative estimate of drug-likeness (QED) is 0.614. The van der Waals surface area contributed by atoms with Gasteiger partial charge in [0.05, 0.1) is 16.8 Å². The van der Waals surface area contributed by atoms with E-state index in [-0.39, 0.29) is 11.1 Å². The Bertz CT molecular complexity index is 1050. The molecule has 0 atom stereocenters. The van der Waals surface area contributed by atoms with Crippen LogP contribution in [0.2, 0.25) is 0 Å². The van der Waals surface area contributed by atoms with Gasteiger partial charge in [0, 0.05) is 30.6 Å². The second-order valence-electron chi connectivity index (χ2n) is 7.11. The Labute approximate surface area is 165 Å². The first-order valence-electron chi connectivity index (χ1n) is 9.01. The SMILES string of the molecule is Cc1nc2nc(C=S)nn2c(N2CCC(C)CC2)c1-c1c(F)cc(F)cc1F. The summed E-state index contributed by atoms with van der Waals surface area (Å²) in [6.45, 7) is 5.22. The van der Waals surface area contributed by atoms with Crippen molar-refractivity contribution in [2.24, 2.45) is 5.92 Å². The van der Waals surface area contributed by atoms with E-state index in [0.29, 0.717) is 54.3 Å². The highest BCUT2D eigenvalue weighted by atomic mass is 32.1. The second-order valence-corrected chi connectivity index (χ2v) is 7.35. The summed E-state index contributed by atoms with van der Waals surface area (Å²) in [5, 5.41) is 5.68. The molecule has 9 heteroatoms. The van der Waals surface area contributed by atoms with Crippen LogP contribution in [0, 0.1) is 30.3 Å². The third-order valence-electron chi connectivity index (χ3n) is 5.11. The molecule has 1 aromatic carbocycles. The summed E-state index contributed by atoms with van der Waals surface area (Å²) in [5.74, 6) is -1.28. The number of thiocarbonyl (C=S) groups is 1. The zero-order valence-electron chi connectivity index (χ0n) is 15.4. The molecule has 0 saturated carbocycles. The number of benzene rings is 1. The van der Waals surface area contributed by atoms with Crippen molar-refractivity contribution in [3.8, 4) is 11.1 Å². The van der Waals surface area contributed by atoms with Gasteiger partial charge in [-0.3, -0.25) is 0 Å². The average Bonchev–Trinajstić information content (AvgIpc) is 3.04. The summed E-state index contributed by atoms with van der Waals surface area (Å²) in [7, 11) is 0. The molecule has 1 aliphatic heterocycles. The molecule has 1 saturated heterocycles. The van der Waals surface area contributed by atoms with Crippen LogP contribution < -0.4 is 4.90 Å². The van der Waals surface area contributed by atoms with Crippen molar-refractivity contribution >= 4 is 29.2 Å². The highest BCUT2D eigenvalue weighted by molar-refractivity contribution is 7.79. The van der Waals surface area contributed by atoms with Gasteiger partial charge in [-0.25, -0.2) is 18.2 Å². The van der Waals surface area contributed by atoms with Crippen LogP contribution in [0.25, 0.3) is 16.9 Å². The van der Waals surface area contributed by atoms with Gasteiger partial charge in [-0.2, -0.15) is 9.50 Å². The lowest BCUT2D eigenvalue weighted by atomic mass is 9.97. The molecule has 28 heavy (non-hydrogen) atoms. The van der Waals surface area contributed by atoms with Crippen LogP contribution in [0.15, 0.2) is 12.1 Å². The summed E-state index contributed by atoms with van der Waals surface area (Å²) >= 11 is 4.92. The van der Waals surface area contributed by atoms with E-state index in [0.717, 1.165) is 12.8 Å². The maximum atomic E-state index is 14.7. The molecule has 0 aliphatic carbocycles. The van der Waals surface area contributed by atoms with Crippen molar-refractivity contribution < 1.29 is 13.2 Å². The van der Waals surface area contributed by atoms with E-state index in [1.54, 1.807) is 6.92 Å². The molecule has 0 bridgehead atoms. The number of aromatic nitrogens is 4. The van der Waals surface area contributed by atoms with Crippen LogP contribution in [-0.2, 0) is 0 Å². The van der Waals surface area contributed by atoms with Crippen LogP contribution in [0.5, 0.6) is 0 Å². The molecule has 5 nitrogen and oxygen atoms in total. The normalized spacial score (nSPS) is 15.4. The summed E-state index contributed by atoms with van der Waals surface area (Å²) in [6.07, 6.45) is 1.87. The lowest BCUT2D eigenvalue weighted by Crippen LogP contribution is -2.35. The lowest BCUT2D eigenvalue weighted by Gasteiger charge is -2.33. The Morgan fingerprint density at radius 2 is 1.71 bits per heavy atom. The molecule has 146 valence electrons. The van der Waals surface area contributed by atoms with Gasteiger partial charge in [0.1, 0.15) is 23.3 Å². The third-order valence-corrected chi connectivity index (χ3v) is 5.32. The molecule has 0 N–H and O–H groups in total. The Morgan fingerprint density at radius 1 is 1.07 bits per heavy atom. The van der Waals surface area contributed by atoms with E-state index in [9.17, 15) is 13.2 Å². The topological polar surface area (TPSA) is 46.3 Å². The number of hydrogen-bond acceptors (Lipinski definition) is 5. The predicted molar refractivity (Wildman–Crippen MR) is 104 cm³/mol. The lowest BCUT2D eigenvalue weighted by molar-refractivity contribution is 0.435. The largest absolute Gasteiger partial charge is 0.356 e. The number of aryl methyl sites for hydroxylation is 1. The Hall–Kier alpha value is -2.55. The molecule has 0 amide bonds. The van der Waals surface area contributed by atoms with Gasteiger partial charge in [-0.1, -0.05) is 19.1 Å². The van der Waals surface area contributed by atoms with Crippen LogP contribution in [0.1, 0.15) is 31.3 Å². The number of piperidine rings is 1. The molecule has 3 heterocycles. The van der Waals surface area contributed by atoms with Crippen molar-refractivity contribution in [1.82, 2.24) is 19.6 Å². The summed E-state index contributed by atoms with van der Waals surface area (Å²) < 4.78 is 44.3. The van der Waals surface area contributed by atoms with Crippen molar-refractivity contribution in [3.63, 3.8) is 0 Å². The minimum Gasteiger partial charge on any atom is -0.356 e. The monoisotopic (exact) mass is 405 g/mol. The fourth-order valence-corrected chi connectivity index (χ4v) is 3.74. The number of nitrogens with zero attached hydrogens (tertiary/aromatic N) is 5. The zero-order chi connectivity index (χ0) is 20.0. The van der Waals surface area contributed by atoms with Crippen molar-refractivity contribution in [1.29, 1.82) is 0 Å². The standard InChI is InChI=1S/C19H18F3N5S/c1-10-3-5-26(6-4-10)18-16(17-13(21)7-12(20)8-14(17)22)11(2)23-19-24-15(9-28)25-27(18)19/h7-10H,3-6H2,1-2H3. The summed E-state index contributed by atoms with van der Waals surface area (Å²) in [5.41, 5.74) is 0.313. The first kappa shape index (κ1) is 18.8. The highest BCUT2D eigenvalue weighted by Gasteiger charge is 2.28. The van der Waals surface area contributed by atoms with E-state index in [4.69, 9.17) is 12.2 Å². The maximum Gasteiger partial charge on any atom is 0.254 e. The second kappa shape index (κ2) is 7.12. The molecular formula is C19H18F3N5S. The van der Waals surface area contributed by atoms with Gasteiger partial charge >= 0.3 is 0 Å². The van der Waals surface area contributed by atoms with E-state index < -0.39 is 17.5 Å². The number of anilines is 1. The Balaban J connectivity index is 2.04. The van der Waals surface area contributed by atoms with Gasteiger partial charge in [-0.15, -0.1) is 5.10 Å². The fourth-order valence-electron chi connectivity index (χ4n) is 3.64. The van der Waals surface area contributed by atoms with E-state index in [1.165, 1.54) is 9.88 Å². The van der Waals surface area contributed by atoms with Gasteiger partial charge < -0.3 is 4.90 Å². The smallest absolute Gasteiger partial charge is 0.254 e. The fraction of sp³-hybridized carbons (Fsp3) is 0.368. The number of hydrogen-bond donors (Lipinski definition) is 0. The molecule has 4 rings (SSSR count). The summed E-state index contributed by atoms with van der Waals surface area (Å²) in [4.78, 5) is 10.7. The maximum absolute atomic E-state index is 14.7. The molecule has 0 radical (unpaired) electrons. The minimum atomic E-state index is -0.983. The van der Waals surface area contributed by atoms with Gasteiger partial charge in [0.25, 0.3) is 5.78 Å².